The van der Waals surface area contributed by atoms with Crippen molar-refractivity contribution < 1.29 is 14.6 Å². The molecule has 0 aromatic heterocycles. The molecule has 1 unspecified atom stereocenters. The van der Waals surface area contributed by atoms with Crippen molar-refractivity contribution in [1.82, 2.24) is 9.80 Å². The minimum Gasteiger partial charge on any atom is -0.454 e. The van der Waals surface area contributed by atoms with Gasteiger partial charge in [0.1, 0.15) is 0 Å². The largest absolute Gasteiger partial charge is 0.454 e. The van der Waals surface area contributed by atoms with Crippen LogP contribution in [0.5, 0.6) is 11.5 Å². The Morgan fingerprint density at radius 1 is 1.19 bits per heavy atom. The number of aliphatic hydroxyl groups excluding tert-OH is 1. The number of nitrogens with zero attached hydrogens (tertiary/aromatic N) is 2. The molecule has 1 aromatic rings. The maximum Gasteiger partial charge on any atom is 0.231 e. The van der Waals surface area contributed by atoms with Crippen LogP contribution in [0.25, 0.3) is 6.08 Å². The van der Waals surface area contributed by atoms with Gasteiger partial charge in [-0.15, -0.1) is 0 Å². The molecule has 21 heavy (non-hydrogen) atoms. The predicted molar refractivity (Wildman–Crippen MR) is 81.5 cm³/mol. The fourth-order valence-electron chi connectivity index (χ4n) is 2.59. The molecule has 114 valence electrons. The fraction of sp³-hybridized carbons (Fsp3) is 0.500. The smallest absolute Gasteiger partial charge is 0.231 e. The van der Waals surface area contributed by atoms with E-state index in [9.17, 15) is 5.11 Å². The molecule has 0 aliphatic carbocycles. The Balaban J connectivity index is 1.53. The number of fused-ring (bicyclic) bond motifs is 1. The lowest BCUT2D eigenvalue weighted by molar-refractivity contribution is 0.103. The molecule has 2 heterocycles. The molecule has 1 fully saturated rings. The van der Waals surface area contributed by atoms with Gasteiger partial charge < -0.3 is 19.5 Å². The third-order valence-electron chi connectivity index (χ3n) is 3.95. The highest BCUT2D eigenvalue weighted by atomic mass is 16.7. The number of hydrogen-bond donors (Lipinski definition) is 1. The highest BCUT2D eigenvalue weighted by Gasteiger charge is 2.16. The first-order chi connectivity index (χ1) is 10.2. The van der Waals surface area contributed by atoms with Crippen molar-refractivity contribution in [2.24, 2.45) is 0 Å². The maximum absolute atomic E-state index is 10.1. The van der Waals surface area contributed by atoms with Gasteiger partial charge in [-0.2, -0.15) is 0 Å². The summed E-state index contributed by atoms with van der Waals surface area (Å²) in [6, 6.07) is 5.79. The van der Waals surface area contributed by atoms with Gasteiger partial charge in [-0.1, -0.05) is 18.2 Å². The van der Waals surface area contributed by atoms with Crippen molar-refractivity contribution in [3.63, 3.8) is 0 Å². The Morgan fingerprint density at radius 3 is 2.76 bits per heavy atom. The number of rotatable bonds is 4. The number of aliphatic hydroxyl groups is 1. The zero-order valence-corrected chi connectivity index (χ0v) is 12.4. The predicted octanol–water partition coefficient (Wildman–Crippen LogP) is 1.04. The molecular weight excluding hydrogens is 268 g/mol. The normalized spacial score (nSPS) is 21.0. The Morgan fingerprint density at radius 2 is 1.95 bits per heavy atom. The van der Waals surface area contributed by atoms with E-state index in [4.69, 9.17) is 9.47 Å². The van der Waals surface area contributed by atoms with Crippen molar-refractivity contribution in [3.8, 4) is 11.5 Å². The van der Waals surface area contributed by atoms with Gasteiger partial charge in [0.05, 0.1) is 6.10 Å². The van der Waals surface area contributed by atoms with Gasteiger partial charge in [0.25, 0.3) is 0 Å². The quantitative estimate of drug-likeness (QED) is 0.897. The summed E-state index contributed by atoms with van der Waals surface area (Å²) in [7, 11) is 2.13. The molecule has 5 nitrogen and oxygen atoms in total. The molecule has 0 saturated carbocycles. The highest BCUT2D eigenvalue weighted by molar-refractivity contribution is 5.56. The van der Waals surface area contributed by atoms with Crippen molar-refractivity contribution in [2.75, 3.05) is 46.6 Å². The first-order valence-corrected chi connectivity index (χ1v) is 7.37. The van der Waals surface area contributed by atoms with Crippen LogP contribution in [-0.2, 0) is 0 Å². The second-order valence-corrected chi connectivity index (χ2v) is 5.64. The van der Waals surface area contributed by atoms with E-state index >= 15 is 0 Å². The van der Waals surface area contributed by atoms with Crippen LogP contribution >= 0.6 is 0 Å². The summed E-state index contributed by atoms with van der Waals surface area (Å²) in [5.41, 5.74) is 1.01. The van der Waals surface area contributed by atoms with Gasteiger partial charge in [-0.25, -0.2) is 0 Å². The minimum absolute atomic E-state index is 0.286. The number of β-amino-alcohol motifs (C(OH)–C–C–N with tert-alkyl or cyclic N) is 1. The van der Waals surface area contributed by atoms with E-state index < -0.39 is 6.10 Å². The van der Waals surface area contributed by atoms with Crippen LogP contribution in [0.1, 0.15) is 5.56 Å². The van der Waals surface area contributed by atoms with E-state index in [1.807, 2.05) is 30.4 Å². The van der Waals surface area contributed by atoms with Crippen LogP contribution in [0.2, 0.25) is 0 Å². The van der Waals surface area contributed by atoms with Crippen molar-refractivity contribution >= 4 is 6.08 Å². The SMILES string of the molecule is CN1CCN(CC(O)/C=C\c2ccc3c(c2)OCO3)CC1. The minimum atomic E-state index is -0.446. The van der Waals surface area contributed by atoms with Crippen LogP contribution in [0.3, 0.4) is 0 Å². The summed E-state index contributed by atoms with van der Waals surface area (Å²) in [5.74, 6) is 1.55. The standard InChI is InChI=1S/C16H22N2O3/c1-17-6-8-18(9-7-17)11-14(19)4-2-13-3-5-15-16(10-13)21-12-20-15/h2-5,10,14,19H,6-9,11-12H2,1H3/b4-2-. The molecule has 1 aromatic carbocycles. The molecule has 0 amide bonds. The summed E-state index contributed by atoms with van der Waals surface area (Å²) in [4.78, 5) is 4.61. The first-order valence-electron chi connectivity index (χ1n) is 7.37. The molecule has 2 aliphatic heterocycles. The summed E-state index contributed by atoms with van der Waals surface area (Å²) < 4.78 is 10.6. The molecule has 0 bridgehead atoms. The second-order valence-electron chi connectivity index (χ2n) is 5.64. The van der Waals surface area contributed by atoms with E-state index in [-0.39, 0.29) is 6.79 Å². The average Bonchev–Trinajstić information content (AvgIpc) is 2.95. The third kappa shape index (κ3) is 3.75. The fourth-order valence-corrected chi connectivity index (χ4v) is 2.59. The van der Waals surface area contributed by atoms with Gasteiger partial charge in [0.15, 0.2) is 11.5 Å². The van der Waals surface area contributed by atoms with Crippen LogP contribution in [0, 0.1) is 0 Å². The summed E-state index contributed by atoms with van der Waals surface area (Å²) >= 11 is 0. The Kier molecular flexibility index (Phi) is 4.43. The molecule has 0 radical (unpaired) electrons. The average molecular weight is 290 g/mol. The molecule has 1 N–H and O–H groups in total. The van der Waals surface area contributed by atoms with Crippen molar-refractivity contribution in [3.05, 3.63) is 29.8 Å². The van der Waals surface area contributed by atoms with E-state index in [1.165, 1.54) is 0 Å². The summed E-state index contributed by atoms with van der Waals surface area (Å²) in [6.07, 6.45) is 3.33. The molecular formula is C16H22N2O3. The lowest BCUT2D eigenvalue weighted by Gasteiger charge is -2.33. The molecule has 3 rings (SSSR count). The lowest BCUT2D eigenvalue weighted by Crippen LogP contribution is -2.46. The number of hydrogen-bond acceptors (Lipinski definition) is 5. The topological polar surface area (TPSA) is 45.2 Å². The molecule has 2 aliphatic rings. The first kappa shape index (κ1) is 14.4. The number of likely N-dealkylation sites (N-methyl/N-ethyl adjacent to an activating group) is 1. The summed E-state index contributed by atoms with van der Waals surface area (Å²) in [6.45, 7) is 5.15. The highest BCUT2D eigenvalue weighted by Crippen LogP contribution is 2.32. The van der Waals surface area contributed by atoms with E-state index in [2.05, 4.69) is 16.8 Å². The lowest BCUT2D eigenvalue weighted by atomic mass is 10.1. The second kappa shape index (κ2) is 6.47. The Bertz CT molecular complexity index is 510. The van der Waals surface area contributed by atoms with Crippen LogP contribution < -0.4 is 9.47 Å². The van der Waals surface area contributed by atoms with Crippen LogP contribution in [-0.4, -0.2) is 67.6 Å². The van der Waals surface area contributed by atoms with Gasteiger partial charge in [0, 0.05) is 32.7 Å². The van der Waals surface area contributed by atoms with E-state index in [0.717, 1.165) is 43.2 Å². The van der Waals surface area contributed by atoms with Crippen molar-refractivity contribution in [1.29, 1.82) is 0 Å². The molecule has 0 spiro atoms. The molecule has 1 saturated heterocycles. The Labute approximate surface area is 125 Å². The Hall–Kier alpha value is -1.56. The van der Waals surface area contributed by atoms with Gasteiger partial charge in [0.2, 0.25) is 6.79 Å². The maximum atomic E-state index is 10.1. The van der Waals surface area contributed by atoms with Gasteiger partial charge in [-0.05, 0) is 24.7 Å². The zero-order chi connectivity index (χ0) is 14.7. The van der Waals surface area contributed by atoms with E-state index in [0.29, 0.717) is 6.54 Å². The van der Waals surface area contributed by atoms with Crippen LogP contribution in [0.4, 0.5) is 0 Å². The molecule has 5 heteroatoms. The number of benzene rings is 1. The van der Waals surface area contributed by atoms with Gasteiger partial charge in [-0.3, -0.25) is 4.90 Å². The van der Waals surface area contributed by atoms with E-state index in [1.54, 1.807) is 0 Å². The van der Waals surface area contributed by atoms with Gasteiger partial charge >= 0.3 is 0 Å². The van der Waals surface area contributed by atoms with Crippen LogP contribution in [0.15, 0.2) is 24.3 Å². The monoisotopic (exact) mass is 290 g/mol. The van der Waals surface area contributed by atoms with Crippen molar-refractivity contribution in [2.45, 2.75) is 6.10 Å². The zero-order valence-electron chi connectivity index (χ0n) is 12.4. The molecule has 1 atom stereocenters. The number of piperazine rings is 1. The number of ether oxygens (including phenoxy) is 2. The third-order valence-corrected chi connectivity index (χ3v) is 3.95. The summed E-state index contributed by atoms with van der Waals surface area (Å²) in [5, 5.41) is 10.1.